The van der Waals surface area contributed by atoms with Gasteiger partial charge in [0, 0.05) is 12.6 Å². The number of aromatic amines is 1. The molecule has 2 saturated heterocycles. The van der Waals surface area contributed by atoms with Crippen LogP contribution >= 0.6 is 0 Å². The minimum Gasteiger partial charge on any atom is -0.394 e. The molecule has 3 rings (SSSR count). The molecule has 0 spiro atoms. The average molecular weight is 420 g/mol. The Labute approximate surface area is 163 Å². The maximum absolute atomic E-state index is 12.1. The van der Waals surface area contributed by atoms with Crippen LogP contribution in [0.25, 0.3) is 0 Å². The van der Waals surface area contributed by atoms with Gasteiger partial charge in [-0.1, -0.05) is 0 Å². The Balaban J connectivity index is 1.75. The molecule has 13 nitrogen and oxygen atoms in total. The summed E-state index contributed by atoms with van der Waals surface area (Å²) in [7, 11) is 0. The Morgan fingerprint density at radius 2 is 1.72 bits per heavy atom. The third-order valence-electron chi connectivity index (χ3n) is 4.99. The van der Waals surface area contributed by atoms with E-state index in [0.717, 1.165) is 10.8 Å². The zero-order chi connectivity index (χ0) is 21.3. The van der Waals surface area contributed by atoms with Crippen molar-refractivity contribution in [3.8, 4) is 0 Å². The fourth-order valence-electron chi connectivity index (χ4n) is 3.27. The number of aliphatic hydroxyl groups is 6. The van der Waals surface area contributed by atoms with E-state index in [1.165, 1.54) is 0 Å². The van der Waals surface area contributed by atoms with Gasteiger partial charge in [0.25, 0.3) is 5.56 Å². The first-order valence-corrected chi connectivity index (χ1v) is 8.97. The highest BCUT2D eigenvalue weighted by molar-refractivity contribution is 5.04. The van der Waals surface area contributed by atoms with E-state index in [4.69, 9.17) is 19.3 Å². The monoisotopic (exact) mass is 420 g/mol. The lowest BCUT2D eigenvalue weighted by molar-refractivity contribution is -0.304. The quantitative estimate of drug-likeness (QED) is 0.233. The van der Waals surface area contributed by atoms with Crippen molar-refractivity contribution in [2.75, 3.05) is 13.2 Å². The second-order valence-corrected chi connectivity index (χ2v) is 6.94. The van der Waals surface area contributed by atoms with Gasteiger partial charge in [-0.15, -0.1) is 0 Å². The molecule has 3 heterocycles. The van der Waals surface area contributed by atoms with Crippen molar-refractivity contribution < 1.29 is 44.8 Å². The lowest BCUT2D eigenvalue weighted by Gasteiger charge is -2.39. The number of hydrogen-bond donors (Lipinski definition) is 7. The van der Waals surface area contributed by atoms with E-state index in [1.807, 2.05) is 0 Å². The van der Waals surface area contributed by atoms with Gasteiger partial charge in [-0.05, 0) is 0 Å². The fourth-order valence-corrected chi connectivity index (χ4v) is 3.27. The van der Waals surface area contributed by atoms with Crippen LogP contribution < -0.4 is 11.2 Å². The first-order chi connectivity index (χ1) is 13.8. The molecular formula is C16H24N2O11. The van der Waals surface area contributed by atoms with Gasteiger partial charge in [0.15, 0.2) is 6.29 Å². The lowest BCUT2D eigenvalue weighted by Crippen LogP contribution is -2.59. The van der Waals surface area contributed by atoms with Crippen molar-refractivity contribution in [2.45, 2.75) is 62.2 Å². The summed E-state index contributed by atoms with van der Waals surface area (Å²) in [6.07, 6.45) is -9.05. The molecule has 0 amide bonds. The van der Waals surface area contributed by atoms with Crippen molar-refractivity contribution >= 4 is 0 Å². The summed E-state index contributed by atoms with van der Waals surface area (Å²) in [5.41, 5.74) is -1.61. The third-order valence-corrected chi connectivity index (χ3v) is 4.99. The zero-order valence-corrected chi connectivity index (χ0v) is 15.2. The Morgan fingerprint density at radius 3 is 2.34 bits per heavy atom. The van der Waals surface area contributed by atoms with Crippen molar-refractivity contribution in [3.05, 3.63) is 32.6 Å². The number of ether oxygens (including phenoxy) is 3. The third kappa shape index (κ3) is 4.42. The van der Waals surface area contributed by atoms with E-state index >= 15 is 0 Å². The van der Waals surface area contributed by atoms with Gasteiger partial charge in [0.2, 0.25) is 0 Å². The zero-order valence-electron chi connectivity index (χ0n) is 15.2. The molecule has 0 bridgehead atoms. The average Bonchev–Trinajstić information content (AvgIpc) is 3.07. The smallest absolute Gasteiger partial charge is 0.330 e. The molecule has 0 aliphatic carbocycles. The number of rotatable bonds is 6. The molecule has 0 aromatic carbocycles. The number of hydrogen-bond acceptors (Lipinski definition) is 11. The van der Waals surface area contributed by atoms with Gasteiger partial charge in [-0.2, -0.15) is 0 Å². The Morgan fingerprint density at radius 1 is 1.03 bits per heavy atom. The van der Waals surface area contributed by atoms with Crippen molar-refractivity contribution in [2.24, 2.45) is 0 Å². The molecule has 1 unspecified atom stereocenters. The molecule has 8 atom stereocenters. The Bertz CT molecular complexity index is 809. The topological polar surface area (TPSA) is 204 Å². The SMILES string of the molecule is O=c1[nH]c(=O)n(C2C[C@H](O)[C@@H](CO)O2)cc1CO[C@@H]1O[C@H](CO)[C@@H](O)[C@H](O)[C@H]1O. The van der Waals surface area contributed by atoms with Crippen LogP contribution in [0.2, 0.25) is 0 Å². The molecule has 0 saturated carbocycles. The molecule has 164 valence electrons. The minimum atomic E-state index is -1.64. The molecule has 7 N–H and O–H groups in total. The summed E-state index contributed by atoms with van der Waals surface area (Å²) in [4.78, 5) is 26.2. The molecule has 2 aliphatic heterocycles. The highest BCUT2D eigenvalue weighted by Gasteiger charge is 2.44. The second-order valence-electron chi connectivity index (χ2n) is 6.94. The minimum absolute atomic E-state index is 0.0180. The molecule has 13 heteroatoms. The lowest BCUT2D eigenvalue weighted by atomic mass is 9.99. The van der Waals surface area contributed by atoms with Crippen LogP contribution in [0.5, 0.6) is 0 Å². The number of nitrogens with zero attached hydrogens (tertiary/aromatic N) is 1. The Kier molecular flexibility index (Phi) is 6.83. The summed E-state index contributed by atoms with van der Waals surface area (Å²) >= 11 is 0. The summed E-state index contributed by atoms with van der Waals surface area (Å²) < 4.78 is 16.9. The van der Waals surface area contributed by atoms with Crippen LogP contribution in [-0.4, -0.2) is 96.3 Å². The summed E-state index contributed by atoms with van der Waals surface area (Å²) in [5.74, 6) is 0. The van der Waals surface area contributed by atoms with Gasteiger partial charge >= 0.3 is 5.69 Å². The van der Waals surface area contributed by atoms with Gasteiger partial charge in [-0.25, -0.2) is 4.79 Å². The predicted molar refractivity (Wildman–Crippen MR) is 91.5 cm³/mol. The van der Waals surface area contributed by atoms with E-state index in [-0.39, 0.29) is 12.0 Å². The van der Waals surface area contributed by atoms with E-state index in [9.17, 15) is 35.1 Å². The van der Waals surface area contributed by atoms with Gasteiger partial charge in [0.1, 0.15) is 36.7 Å². The predicted octanol–water partition coefficient (Wildman–Crippen LogP) is -4.51. The standard InChI is InChI=1S/C16H24N2O11/c19-3-8-7(21)1-10(28-8)18-2-6(14(25)17-16(18)26)5-27-15-13(24)12(23)11(22)9(4-20)29-15/h2,7-13,15,19-24H,1,3-5H2,(H,17,25,26)/t7-,8+,9+,10?,11+,12-,13+,15+/m0/s1. The van der Waals surface area contributed by atoms with Crippen LogP contribution in [0.3, 0.4) is 0 Å². The molecule has 1 aromatic rings. The first-order valence-electron chi connectivity index (χ1n) is 8.97. The summed E-state index contributed by atoms with van der Waals surface area (Å²) in [6, 6.07) is 0. The van der Waals surface area contributed by atoms with E-state index < -0.39 is 80.2 Å². The van der Waals surface area contributed by atoms with Crippen LogP contribution in [-0.2, 0) is 20.8 Å². The highest BCUT2D eigenvalue weighted by atomic mass is 16.7. The first kappa shape index (κ1) is 22.0. The summed E-state index contributed by atoms with van der Waals surface area (Å²) in [5, 5.41) is 57.7. The number of nitrogens with one attached hydrogen (secondary N) is 1. The number of aliphatic hydroxyl groups excluding tert-OH is 6. The highest BCUT2D eigenvalue weighted by Crippen LogP contribution is 2.27. The van der Waals surface area contributed by atoms with Crippen molar-refractivity contribution in [3.63, 3.8) is 0 Å². The maximum atomic E-state index is 12.1. The van der Waals surface area contributed by atoms with E-state index in [1.54, 1.807) is 0 Å². The Hall–Kier alpha value is -1.68. The number of aromatic nitrogens is 2. The van der Waals surface area contributed by atoms with Crippen molar-refractivity contribution in [1.29, 1.82) is 0 Å². The molecule has 29 heavy (non-hydrogen) atoms. The molecule has 0 radical (unpaired) electrons. The van der Waals surface area contributed by atoms with Gasteiger partial charge in [0.05, 0.1) is 31.5 Å². The van der Waals surface area contributed by atoms with Crippen LogP contribution in [0.1, 0.15) is 18.2 Å². The maximum Gasteiger partial charge on any atom is 0.330 e. The summed E-state index contributed by atoms with van der Waals surface area (Å²) in [6.45, 7) is -1.52. The van der Waals surface area contributed by atoms with E-state index in [2.05, 4.69) is 4.98 Å². The van der Waals surface area contributed by atoms with Crippen LogP contribution in [0.4, 0.5) is 0 Å². The molecule has 2 aliphatic rings. The van der Waals surface area contributed by atoms with Crippen LogP contribution in [0.15, 0.2) is 15.8 Å². The van der Waals surface area contributed by atoms with Crippen LogP contribution in [0, 0.1) is 0 Å². The normalized spacial score (nSPS) is 37.7. The fraction of sp³-hybridized carbons (Fsp3) is 0.750. The van der Waals surface area contributed by atoms with E-state index in [0.29, 0.717) is 0 Å². The molecular weight excluding hydrogens is 396 g/mol. The number of H-pyrrole nitrogens is 1. The van der Waals surface area contributed by atoms with Gasteiger partial charge < -0.3 is 44.8 Å². The molecule has 2 fully saturated rings. The second kappa shape index (κ2) is 8.99. The van der Waals surface area contributed by atoms with Gasteiger partial charge in [-0.3, -0.25) is 14.3 Å². The van der Waals surface area contributed by atoms with Crippen molar-refractivity contribution in [1.82, 2.24) is 9.55 Å². The molecule has 1 aromatic heterocycles. The largest absolute Gasteiger partial charge is 0.394 e.